The van der Waals surface area contributed by atoms with Gasteiger partial charge in [-0.1, -0.05) is 12.1 Å². The molecule has 1 aliphatic rings. The van der Waals surface area contributed by atoms with Gasteiger partial charge in [-0.15, -0.1) is 0 Å². The molecule has 0 saturated heterocycles. The molecule has 33 heavy (non-hydrogen) atoms. The molecule has 2 aromatic heterocycles. The number of hydrogen-bond acceptors (Lipinski definition) is 7. The Bertz CT molecular complexity index is 1040. The van der Waals surface area contributed by atoms with Crippen LogP contribution in [0.3, 0.4) is 0 Å². The van der Waals surface area contributed by atoms with Crippen LogP contribution in [0.15, 0.2) is 55.0 Å². The topological polar surface area (TPSA) is 119 Å². The van der Waals surface area contributed by atoms with Gasteiger partial charge in [0.2, 0.25) is 17.8 Å². The zero-order chi connectivity index (χ0) is 23.0. The molecule has 3 aromatic rings. The van der Waals surface area contributed by atoms with E-state index in [1.807, 2.05) is 6.07 Å². The summed E-state index contributed by atoms with van der Waals surface area (Å²) >= 11 is 0. The number of amides is 1. The Hall–Kier alpha value is -3.46. The zero-order valence-electron chi connectivity index (χ0n) is 18.3. The maximum absolute atomic E-state index is 13.0. The van der Waals surface area contributed by atoms with E-state index < -0.39 is 6.04 Å². The zero-order valence-corrected chi connectivity index (χ0v) is 18.3. The summed E-state index contributed by atoms with van der Waals surface area (Å²) in [6.45, 7) is 0.616. The first-order valence-electron chi connectivity index (χ1n) is 11.2. The van der Waals surface area contributed by atoms with E-state index in [4.69, 9.17) is 5.73 Å². The molecule has 9 heteroatoms. The Morgan fingerprint density at radius 3 is 2.42 bits per heavy atom. The Kier molecular flexibility index (Phi) is 7.51. The summed E-state index contributed by atoms with van der Waals surface area (Å²) in [5, 5.41) is 6.02. The molecule has 1 amide bonds. The maximum Gasteiger partial charge on any atom is 0.237 e. The number of carbonyl (C=O) groups is 1. The van der Waals surface area contributed by atoms with E-state index in [2.05, 4.69) is 30.6 Å². The highest BCUT2D eigenvalue weighted by Crippen LogP contribution is 2.34. The normalized spacial score (nSPS) is 19.0. The van der Waals surface area contributed by atoms with Crippen molar-refractivity contribution >= 4 is 17.8 Å². The minimum atomic E-state index is -0.646. The van der Waals surface area contributed by atoms with E-state index in [0.29, 0.717) is 36.7 Å². The molecule has 1 aliphatic carbocycles. The minimum absolute atomic E-state index is 0.170. The molecule has 172 valence electrons. The van der Waals surface area contributed by atoms with Crippen molar-refractivity contribution < 1.29 is 9.18 Å². The number of hydrogen-bond donors (Lipinski definition) is 3. The third kappa shape index (κ3) is 6.52. The van der Waals surface area contributed by atoms with Crippen LogP contribution in [0.5, 0.6) is 0 Å². The van der Waals surface area contributed by atoms with Crippen molar-refractivity contribution in [1.29, 1.82) is 0 Å². The molecule has 1 fully saturated rings. The molecule has 0 spiro atoms. The summed E-state index contributed by atoms with van der Waals surface area (Å²) in [4.78, 5) is 29.6. The number of nitrogens with zero attached hydrogens (tertiary/aromatic N) is 4. The fourth-order valence-electron chi connectivity index (χ4n) is 4.13. The van der Waals surface area contributed by atoms with Crippen LogP contribution in [0, 0.1) is 11.7 Å². The number of halogens is 1. The second-order valence-corrected chi connectivity index (χ2v) is 8.40. The van der Waals surface area contributed by atoms with Gasteiger partial charge in [-0.25, -0.2) is 24.3 Å². The van der Waals surface area contributed by atoms with Gasteiger partial charge in [0.25, 0.3) is 0 Å². The van der Waals surface area contributed by atoms with Crippen LogP contribution in [0.4, 0.5) is 16.3 Å². The second kappa shape index (κ2) is 10.9. The summed E-state index contributed by atoms with van der Waals surface area (Å²) in [6, 6.07) is 9.14. The van der Waals surface area contributed by atoms with Gasteiger partial charge < -0.3 is 11.1 Å². The molecular formula is C24H28FN7O. The van der Waals surface area contributed by atoms with Crippen LogP contribution >= 0.6 is 0 Å². The van der Waals surface area contributed by atoms with Crippen LogP contribution in [0.1, 0.15) is 42.9 Å². The van der Waals surface area contributed by atoms with Gasteiger partial charge in [0.1, 0.15) is 5.82 Å². The molecule has 0 unspecified atom stereocenters. The number of carbonyl (C=O) groups excluding carboxylic acids is 1. The first-order chi connectivity index (χ1) is 16.1. The number of benzene rings is 1. The molecule has 8 nitrogen and oxygen atoms in total. The van der Waals surface area contributed by atoms with Gasteiger partial charge >= 0.3 is 0 Å². The quantitative estimate of drug-likeness (QED) is 0.483. The number of aromatic nitrogens is 4. The van der Waals surface area contributed by atoms with Gasteiger partial charge in [0.15, 0.2) is 0 Å². The monoisotopic (exact) mass is 449 g/mol. The second-order valence-electron chi connectivity index (χ2n) is 8.40. The number of nitrogens with one attached hydrogen (secondary N) is 2. The fourth-order valence-corrected chi connectivity index (χ4v) is 4.13. The summed E-state index contributed by atoms with van der Waals surface area (Å²) in [5.74, 6) is 1.26. The van der Waals surface area contributed by atoms with Crippen LogP contribution in [-0.2, 0) is 11.2 Å². The van der Waals surface area contributed by atoms with Crippen LogP contribution in [-0.4, -0.2) is 38.4 Å². The lowest BCUT2D eigenvalue weighted by Gasteiger charge is -2.28. The Labute approximate surface area is 192 Å². The summed E-state index contributed by atoms with van der Waals surface area (Å²) in [6.07, 6.45) is 9.48. The largest absolute Gasteiger partial charge is 0.354 e. The first-order valence-corrected chi connectivity index (χ1v) is 11.2. The smallest absolute Gasteiger partial charge is 0.237 e. The number of rotatable bonds is 8. The lowest BCUT2D eigenvalue weighted by atomic mass is 9.80. The van der Waals surface area contributed by atoms with E-state index in [1.54, 1.807) is 36.8 Å². The molecule has 2 heterocycles. The Morgan fingerprint density at radius 2 is 1.70 bits per heavy atom. The number of nitrogens with two attached hydrogens (primary N) is 1. The van der Waals surface area contributed by atoms with Crippen LogP contribution in [0.2, 0.25) is 0 Å². The van der Waals surface area contributed by atoms with E-state index in [9.17, 15) is 9.18 Å². The minimum Gasteiger partial charge on any atom is -0.354 e. The van der Waals surface area contributed by atoms with Crippen molar-refractivity contribution in [2.75, 3.05) is 11.9 Å². The van der Waals surface area contributed by atoms with E-state index >= 15 is 0 Å². The molecule has 1 aromatic carbocycles. The first kappa shape index (κ1) is 22.7. The predicted octanol–water partition coefficient (Wildman–Crippen LogP) is 3.11. The fraction of sp³-hybridized carbons (Fsp3) is 0.375. The average Bonchev–Trinajstić information content (AvgIpc) is 2.85. The predicted molar refractivity (Wildman–Crippen MR) is 123 cm³/mol. The summed E-state index contributed by atoms with van der Waals surface area (Å²) in [7, 11) is 0. The highest BCUT2D eigenvalue weighted by Gasteiger charge is 2.25. The molecule has 0 bridgehead atoms. The average molecular weight is 450 g/mol. The summed E-state index contributed by atoms with van der Waals surface area (Å²) < 4.78 is 13.0. The summed E-state index contributed by atoms with van der Waals surface area (Å²) in [5.41, 5.74) is 7.89. The van der Waals surface area contributed by atoms with E-state index in [0.717, 1.165) is 36.9 Å². The Balaban J connectivity index is 1.22. The highest BCUT2D eigenvalue weighted by atomic mass is 19.1. The van der Waals surface area contributed by atoms with Crippen molar-refractivity contribution in [2.24, 2.45) is 11.7 Å². The van der Waals surface area contributed by atoms with Gasteiger partial charge in [-0.2, -0.15) is 0 Å². The molecule has 0 radical (unpaired) electrons. The molecule has 4 rings (SSSR count). The van der Waals surface area contributed by atoms with E-state index in [1.165, 1.54) is 12.1 Å². The molecule has 1 saturated carbocycles. The third-order valence-corrected chi connectivity index (χ3v) is 6.00. The number of anilines is 2. The lowest BCUT2D eigenvalue weighted by molar-refractivity contribution is -0.122. The van der Waals surface area contributed by atoms with Crippen molar-refractivity contribution in [2.45, 2.75) is 44.1 Å². The van der Waals surface area contributed by atoms with Gasteiger partial charge in [-0.05, 0) is 67.9 Å². The van der Waals surface area contributed by atoms with Crippen molar-refractivity contribution in [3.05, 3.63) is 72.1 Å². The maximum atomic E-state index is 13.0. The van der Waals surface area contributed by atoms with E-state index in [-0.39, 0.29) is 11.7 Å². The van der Waals surface area contributed by atoms with Crippen molar-refractivity contribution in [1.82, 2.24) is 25.3 Å². The van der Waals surface area contributed by atoms with Crippen molar-refractivity contribution in [3.8, 4) is 0 Å². The highest BCUT2D eigenvalue weighted by molar-refractivity contribution is 5.81. The molecule has 4 N–H and O–H groups in total. The van der Waals surface area contributed by atoms with Gasteiger partial charge in [-0.3, -0.25) is 10.1 Å². The SMILES string of the molecule is N[C@@H](Cc1ccc(F)cc1)C(=O)NCC1CCC(c2ccnc(Nc3ncccn3)n2)CC1. The third-order valence-electron chi connectivity index (χ3n) is 6.00. The molecule has 0 aliphatic heterocycles. The van der Waals surface area contributed by atoms with Crippen molar-refractivity contribution in [3.63, 3.8) is 0 Å². The van der Waals surface area contributed by atoms with Gasteiger partial charge in [0.05, 0.1) is 6.04 Å². The molecule has 1 atom stereocenters. The lowest BCUT2D eigenvalue weighted by Crippen LogP contribution is -2.44. The van der Waals surface area contributed by atoms with Gasteiger partial charge in [0, 0.05) is 36.7 Å². The molecular weight excluding hydrogens is 421 g/mol. The standard InChI is InChI=1S/C24H28FN7O/c25-19-8-4-16(5-9-19)14-20(26)22(33)30-15-17-2-6-18(7-3-17)21-10-13-29-24(31-21)32-23-27-11-1-12-28-23/h1,4-5,8-13,17-18,20H,2-3,6-7,14-15,26H2,(H,30,33)(H,27,28,29,31,32)/t17?,18?,20-/m0/s1. The van der Waals surface area contributed by atoms with Crippen LogP contribution < -0.4 is 16.4 Å². The Morgan fingerprint density at radius 1 is 1.00 bits per heavy atom. The van der Waals surface area contributed by atoms with Crippen LogP contribution in [0.25, 0.3) is 0 Å².